The van der Waals surface area contributed by atoms with Crippen LogP contribution in [-0.4, -0.2) is 27.4 Å². The van der Waals surface area contributed by atoms with Gasteiger partial charge in [-0.15, -0.1) is 24.4 Å². The third-order valence-corrected chi connectivity index (χ3v) is 2.53. The third kappa shape index (κ3) is 1.53. The second-order valence-corrected chi connectivity index (χ2v) is 3.77. The molecule has 0 aromatic heterocycles. The first-order chi connectivity index (χ1) is 3.80. The van der Waals surface area contributed by atoms with E-state index in [0.29, 0.717) is 0 Å². The zero-order valence-electron chi connectivity index (χ0n) is 4.33. The zero-order chi connectivity index (χ0) is 5.98. The van der Waals surface area contributed by atoms with Gasteiger partial charge in [-0.1, -0.05) is 12.2 Å². The summed E-state index contributed by atoms with van der Waals surface area (Å²) in [5.41, 5.74) is 0. The molecule has 1 nitrogen and oxygen atoms in total. The summed E-state index contributed by atoms with van der Waals surface area (Å²) in [7, 11) is 0. The minimum Gasteiger partial charge on any atom is -0.348 e. The average Bonchev–Trinajstić information content (AvgIpc) is 2.12. The molecule has 4 heteroatoms. The molecule has 1 rings (SSSR count). The van der Waals surface area contributed by atoms with Gasteiger partial charge < -0.3 is 4.90 Å². The quantitative estimate of drug-likeness (QED) is 0.425. The number of thioether (sulfide) groups is 1. The smallest absolute Gasteiger partial charge is 0.133 e. The lowest BCUT2D eigenvalue weighted by molar-refractivity contribution is 0.564. The highest BCUT2D eigenvalue weighted by molar-refractivity contribution is 8.11. The lowest BCUT2D eigenvalue weighted by atomic mass is 10.7. The van der Waals surface area contributed by atoms with Gasteiger partial charge in [-0.05, 0) is 0 Å². The SMILES string of the molecule is S=C(S)N1CCSC1. The summed E-state index contributed by atoms with van der Waals surface area (Å²) in [4.78, 5) is 2.09. The molecule has 0 spiro atoms. The maximum atomic E-state index is 4.83. The van der Waals surface area contributed by atoms with E-state index >= 15 is 0 Å². The van der Waals surface area contributed by atoms with E-state index in [1.165, 1.54) is 5.75 Å². The molecule has 0 saturated carbocycles. The van der Waals surface area contributed by atoms with Crippen molar-refractivity contribution in [1.29, 1.82) is 0 Å². The first kappa shape index (κ1) is 6.71. The van der Waals surface area contributed by atoms with Gasteiger partial charge in [0.1, 0.15) is 4.32 Å². The van der Waals surface area contributed by atoms with E-state index in [2.05, 4.69) is 17.5 Å². The van der Waals surface area contributed by atoms with Gasteiger partial charge >= 0.3 is 0 Å². The molecule has 46 valence electrons. The second kappa shape index (κ2) is 2.94. The van der Waals surface area contributed by atoms with Crippen molar-refractivity contribution < 1.29 is 0 Å². The number of rotatable bonds is 0. The van der Waals surface area contributed by atoms with Gasteiger partial charge in [0.15, 0.2) is 0 Å². The summed E-state index contributed by atoms with van der Waals surface area (Å²) >= 11 is 10.8. The summed E-state index contributed by atoms with van der Waals surface area (Å²) in [6.07, 6.45) is 0. The Labute approximate surface area is 64.2 Å². The highest BCUT2D eigenvalue weighted by Crippen LogP contribution is 2.14. The van der Waals surface area contributed by atoms with E-state index in [0.717, 1.165) is 16.7 Å². The number of nitrogens with zero attached hydrogens (tertiary/aromatic N) is 1. The van der Waals surface area contributed by atoms with Crippen LogP contribution in [0.15, 0.2) is 0 Å². The molecule has 0 bridgehead atoms. The van der Waals surface area contributed by atoms with Crippen LogP contribution in [0, 0.1) is 0 Å². The molecular formula is C4H7NS3. The van der Waals surface area contributed by atoms with E-state index in [9.17, 15) is 0 Å². The van der Waals surface area contributed by atoms with Crippen molar-refractivity contribution in [2.45, 2.75) is 0 Å². The van der Waals surface area contributed by atoms with Crippen molar-refractivity contribution >= 4 is 40.9 Å². The molecule has 0 aromatic rings. The van der Waals surface area contributed by atoms with Crippen molar-refractivity contribution in [3.8, 4) is 0 Å². The molecule has 1 fully saturated rings. The van der Waals surface area contributed by atoms with Crippen LogP contribution >= 0.6 is 36.6 Å². The Morgan fingerprint density at radius 1 is 1.75 bits per heavy atom. The van der Waals surface area contributed by atoms with Gasteiger partial charge in [-0.3, -0.25) is 0 Å². The standard InChI is InChI=1S/C4H7NS3/c6-4(7)5-1-2-8-3-5/h1-3H2,(H,6,7). The molecule has 0 atom stereocenters. The van der Waals surface area contributed by atoms with Gasteiger partial charge in [0.25, 0.3) is 0 Å². The highest BCUT2D eigenvalue weighted by atomic mass is 32.2. The summed E-state index contributed by atoms with van der Waals surface area (Å²) < 4.78 is 0.731. The molecule has 0 aliphatic carbocycles. The molecule has 0 unspecified atom stereocenters. The van der Waals surface area contributed by atoms with E-state index < -0.39 is 0 Å². The Bertz CT molecular complexity index is 97.5. The predicted octanol–water partition coefficient (Wildman–Crippen LogP) is 1.21. The molecule has 0 amide bonds. The van der Waals surface area contributed by atoms with Crippen molar-refractivity contribution in [2.75, 3.05) is 18.2 Å². The maximum Gasteiger partial charge on any atom is 0.133 e. The Balaban J connectivity index is 2.35. The van der Waals surface area contributed by atoms with E-state index in [-0.39, 0.29) is 0 Å². The van der Waals surface area contributed by atoms with Crippen LogP contribution in [0.25, 0.3) is 0 Å². The maximum absolute atomic E-state index is 4.83. The average molecular weight is 165 g/mol. The summed E-state index contributed by atoms with van der Waals surface area (Å²) in [6, 6.07) is 0. The molecule has 1 heterocycles. The summed E-state index contributed by atoms with van der Waals surface area (Å²) in [5, 5.41) is 0. The number of hydrogen-bond acceptors (Lipinski definition) is 2. The fourth-order valence-electron chi connectivity index (χ4n) is 0.565. The first-order valence-electron chi connectivity index (χ1n) is 2.36. The Morgan fingerprint density at radius 2 is 2.50 bits per heavy atom. The van der Waals surface area contributed by atoms with E-state index in [1.54, 1.807) is 0 Å². The zero-order valence-corrected chi connectivity index (χ0v) is 6.86. The topological polar surface area (TPSA) is 3.24 Å². The fourth-order valence-corrected chi connectivity index (χ4v) is 2.03. The summed E-state index contributed by atoms with van der Waals surface area (Å²) in [6.45, 7) is 1.08. The molecule has 0 aromatic carbocycles. The number of thiol groups is 1. The van der Waals surface area contributed by atoms with Gasteiger partial charge in [-0.25, -0.2) is 0 Å². The van der Waals surface area contributed by atoms with Crippen molar-refractivity contribution in [1.82, 2.24) is 4.90 Å². The lowest BCUT2D eigenvalue weighted by Gasteiger charge is -2.11. The van der Waals surface area contributed by atoms with Crippen molar-refractivity contribution in [3.05, 3.63) is 0 Å². The van der Waals surface area contributed by atoms with Crippen molar-refractivity contribution in [2.24, 2.45) is 0 Å². The van der Waals surface area contributed by atoms with Crippen LogP contribution in [0.1, 0.15) is 0 Å². The van der Waals surface area contributed by atoms with Crippen LogP contribution < -0.4 is 0 Å². The largest absolute Gasteiger partial charge is 0.348 e. The van der Waals surface area contributed by atoms with Crippen LogP contribution in [0.5, 0.6) is 0 Å². The Kier molecular flexibility index (Phi) is 2.46. The highest BCUT2D eigenvalue weighted by Gasteiger charge is 2.11. The minimum absolute atomic E-state index is 0.731. The van der Waals surface area contributed by atoms with Crippen LogP contribution in [0.4, 0.5) is 0 Å². The molecule has 1 aliphatic heterocycles. The van der Waals surface area contributed by atoms with E-state index in [1.807, 2.05) is 11.8 Å². The van der Waals surface area contributed by atoms with Crippen molar-refractivity contribution in [3.63, 3.8) is 0 Å². The second-order valence-electron chi connectivity index (χ2n) is 1.58. The van der Waals surface area contributed by atoms with Gasteiger partial charge in [-0.2, -0.15) is 0 Å². The summed E-state index contributed by atoms with van der Waals surface area (Å²) in [5.74, 6) is 2.23. The molecule has 1 saturated heterocycles. The fraction of sp³-hybridized carbons (Fsp3) is 0.750. The minimum atomic E-state index is 0.731. The van der Waals surface area contributed by atoms with Gasteiger partial charge in [0.2, 0.25) is 0 Å². The normalized spacial score (nSPS) is 19.4. The molecule has 0 N–H and O–H groups in total. The Hall–Kier alpha value is 0.590. The predicted molar refractivity (Wildman–Crippen MR) is 45.6 cm³/mol. The van der Waals surface area contributed by atoms with Crippen LogP contribution in [0.3, 0.4) is 0 Å². The number of hydrogen-bond donors (Lipinski definition) is 1. The molecular weight excluding hydrogens is 158 g/mol. The monoisotopic (exact) mass is 165 g/mol. The van der Waals surface area contributed by atoms with Crippen LogP contribution in [-0.2, 0) is 0 Å². The van der Waals surface area contributed by atoms with Gasteiger partial charge in [0, 0.05) is 12.3 Å². The van der Waals surface area contributed by atoms with Gasteiger partial charge in [0.05, 0.1) is 5.88 Å². The number of thiocarbonyl (C=S) groups is 1. The first-order valence-corrected chi connectivity index (χ1v) is 4.37. The van der Waals surface area contributed by atoms with E-state index in [4.69, 9.17) is 12.2 Å². The Morgan fingerprint density at radius 3 is 2.75 bits per heavy atom. The molecule has 1 aliphatic rings. The molecule has 0 radical (unpaired) electrons. The molecule has 8 heavy (non-hydrogen) atoms. The lowest BCUT2D eigenvalue weighted by Crippen LogP contribution is -2.21. The third-order valence-electron chi connectivity index (χ3n) is 1.02. The van der Waals surface area contributed by atoms with Crippen LogP contribution in [0.2, 0.25) is 0 Å².